The van der Waals surface area contributed by atoms with E-state index in [1.54, 1.807) is 14.1 Å². The molecule has 0 spiro atoms. The Bertz CT molecular complexity index is 503. The average molecular weight is 295 g/mol. The topological polar surface area (TPSA) is 84.7 Å². The highest BCUT2D eigenvalue weighted by molar-refractivity contribution is 5.94. The summed E-state index contributed by atoms with van der Waals surface area (Å²) >= 11 is 0. The lowest BCUT2D eigenvalue weighted by molar-refractivity contribution is -0.385. The van der Waals surface area contributed by atoms with Crippen molar-refractivity contribution in [2.24, 2.45) is 0 Å². The van der Waals surface area contributed by atoms with Crippen LogP contribution in [0.3, 0.4) is 0 Å². The molecule has 0 unspecified atom stereocenters. The second kappa shape index (κ2) is 8.21. The molecule has 0 saturated heterocycles. The standard InChI is InChI=1S/C14H21N3O4/c1-4-7-15-8-9-21-13-6-5-11(14(18)16(2)3)10-12(13)17(19)20/h5-6,10,15H,4,7-9H2,1-3H3. The van der Waals surface area contributed by atoms with Crippen molar-refractivity contribution in [2.45, 2.75) is 13.3 Å². The van der Waals surface area contributed by atoms with Crippen molar-refractivity contribution in [1.29, 1.82) is 0 Å². The Morgan fingerprint density at radius 1 is 1.38 bits per heavy atom. The Labute approximate surface area is 124 Å². The smallest absolute Gasteiger partial charge is 0.311 e. The Kier molecular flexibility index (Phi) is 6.61. The molecule has 116 valence electrons. The predicted octanol–water partition coefficient (Wildman–Crippen LogP) is 1.67. The van der Waals surface area contributed by atoms with Crippen molar-refractivity contribution in [3.05, 3.63) is 33.9 Å². The molecule has 21 heavy (non-hydrogen) atoms. The maximum absolute atomic E-state index is 11.8. The van der Waals surface area contributed by atoms with Gasteiger partial charge in [-0.1, -0.05) is 6.92 Å². The molecule has 0 radical (unpaired) electrons. The van der Waals surface area contributed by atoms with Gasteiger partial charge in [0.25, 0.3) is 5.91 Å². The van der Waals surface area contributed by atoms with E-state index < -0.39 is 4.92 Å². The number of rotatable bonds is 8. The Morgan fingerprint density at radius 2 is 2.10 bits per heavy atom. The third-order valence-corrected chi connectivity index (χ3v) is 2.77. The van der Waals surface area contributed by atoms with Gasteiger partial charge in [0.05, 0.1) is 4.92 Å². The number of nitro benzene ring substituents is 1. The Balaban J connectivity index is 2.80. The maximum Gasteiger partial charge on any atom is 0.311 e. The first kappa shape index (κ1) is 16.9. The van der Waals surface area contributed by atoms with Crippen molar-refractivity contribution in [3.63, 3.8) is 0 Å². The van der Waals surface area contributed by atoms with E-state index in [-0.39, 0.29) is 22.9 Å². The molecule has 0 atom stereocenters. The summed E-state index contributed by atoms with van der Waals surface area (Å²) < 4.78 is 5.41. The zero-order valence-electron chi connectivity index (χ0n) is 12.6. The molecule has 7 nitrogen and oxygen atoms in total. The van der Waals surface area contributed by atoms with Crippen molar-refractivity contribution in [3.8, 4) is 5.75 Å². The molecule has 1 rings (SSSR count). The van der Waals surface area contributed by atoms with Gasteiger partial charge in [0, 0.05) is 32.3 Å². The van der Waals surface area contributed by atoms with Crippen LogP contribution in [0.4, 0.5) is 5.69 Å². The van der Waals surface area contributed by atoms with Gasteiger partial charge in [-0.3, -0.25) is 14.9 Å². The average Bonchev–Trinajstić information content (AvgIpc) is 2.46. The number of carbonyl (C=O) groups excluding carboxylic acids is 1. The lowest BCUT2D eigenvalue weighted by Gasteiger charge is -2.11. The first-order chi connectivity index (χ1) is 9.97. The molecular formula is C14H21N3O4. The Morgan fingerprint density at radius 3 is 2.67 bits per heavy atom. The summed E-state index contributed by atoms with van der Waals surface area (Å²) in [4.78, 5) is 23.7. The van der Waals surface area contributed by atoms with E-state index in [9.17, 15) is 14.9 Å². The van der Waals surface area contributed by atoms with Crippen LogP contribution in [0.1, 0.15) is 23.7 Å². The van der Waals surface area contributed by atoms with E-state index in [4.69, 9.17) is 4.74 Å². The number of nitrogens with zero attached hydrogens (tertiary/aromatic N) is 2. The minimum Gasteiger partial charge on any atom is -0.485 e. The molecule has 1 aromatic carbocycles. The van der Waals surface area contributed by atoms with Crippen LogP contribution in [0, 0.1) is 10.1 Å². The first-order valence-corrected chi connectivity index (χ1v) is 6.81. The largest absolute Gasteiger partial charge is 0.485 e. The molecule has 0 fully saturated rings. The predicted molar refractivity (Wildman–Crippen MR) is 79.8 cm³/mol. The zero-order valence-corrected chi connectivity index (χ0v) is 12.6. The van der Waals surface area contributed by atoms with Crippen LogP contribution in [-0.4, -0.2) is 49.5 Å². The number of nitrogens with one attached hydrogen (secondary N) is 1. The van der Waals surface area contributed by atoms with Crippen LogP contribution in [-0.2, 0) is 0 Å². The molecule has 7 heteroatoms. The lowest BCUT2D eigenvalue weighted by Crippen LogP contribution is -2.22. The number of amides is 1. The molecule has 0 aliphatic heterocycles. The van der Waals surface area contributed by atoms with E-state index >= 15 is 0 Å². The highest BCUT2D eigenvalue weighted by Crippen LogP contribution is 2.28. The summed E-state index contributed by atoms with van der Waals surface area (Å²) in [5, 5.41) is 14.2. The Hall–Kier alpha value is -2.15. The summed E-state index contributed by atoms with van der Waals surface area (Å²) in [7, 11) is 3.19. The minimum atomic E-state index is -0.540. The fourth-order valence-corrected chi connectivity index (χ4v) is 1.71. The molecular weight excluding hydrogens is 274 g/mol. The molecule has 0 aromatic heterocycles. The molecule has 0 aliphatic carbocycles. The van der Waals surface area contributed by atoms with Crippen molar-refractivity contribution in [1.82, 2.24) is 10.2 Å². The zero-order chi connectivity index (χ0) is 15.8. The van der Waals surface area contributed by atoms with Crippen LogP contribution in [0.5, 0.6) is 5.75 Å². The van der Waals surface area contributed by atoms with Crippen molar-refractivity contribution in [2.75, 3.05) is 33.8 Å². The van der Waals surface area contributed by atoms with Gasteiger partial charge in [0.15, 0.2) is 5.75 Å². The second-order valence-corrected chi connectivity index (χ2v) is 4.74. The van der Waals surface area contributed by atoms with Gasteiger partial charge in [-0.25, -0.2) is 0 Å². The highest BCUT2D eigenvalue weighted by atomic mass is 16.6. The van der Waals surface area contributed by atoms with Crippen LogP contribution in [0.25, 0.3) is 0 Å². The van der Waals surface area contributed by atoms with Gasteiger partial charge in [-0.05, 0) is 25.1 Å². The van der Waals surface area contributed by atoms with Gasteiger partial charge in [0.2, 0.25) is 0 Å². The van der Waals surface area contributed by atoms with Crippen LogP contribution >= 0.6 is 0 Å². The molecule has 0 bridgehead atoms. The summed E-state index contributed by atoms with van der Waals surface area (Å²) in [6.45, 7) is 3.88. The normalized spacial score (nSPS) is 10.2. The summed E-state index contributed by atoms with van der Waals surface area (Å²) in [5.41, 5.74) is 0.0707. The van der Waals surface area contributed by atoms with Crippen molar-refractivity contribution >= 4 is 11.6 Å². The number of ether oxygens (including phenoxy) is 1. The fourth-order valence-electron chi connectivity index (χ4n) is 1.71. The van der Waals surface area contributed by atoms with Gasteiger partial charge in [0.1, 0.15) is 6.61 Å². The number of carbonyl (C=O) groups is 1. The molecule has 1 N–H and O–H groups in total. The van der Waals surface area contributed by atoms with Gasteiger partial charge in [-0.15, -0.1) is 0 Å². The monoisotopic (exact) mass is 295 g/mol. The number of benzene rings is 1. The third-order valence-electron chi connectivity index (χ3n) is 2.77. The van der Waals surface area contributed by atoms with Gasteiger partial charge < -0.3 is 15.0 Å². The quantitative estimate of drug-likeness (QED) is 0.448. The number of nitro groups is 1. The van der Waals surface area contributed by atoms with Crippen LogP contribution in [0.2, 0.25) is 0 Å². The molecule has 0 aliphatic rings. The third kappa shape index (κ3) is 5.03. The SMILES string of the molecule is CCCNCCOc1ccc(C(=O)N(C)C)cc1[N+](=O)[O-]. The maximum atomic E-state index is 11.8. The lowest BCUT2D eigenvalue weighted by atomic mass is 10.1. The van der Waals surface area contributed by atoms with Gasteiger partial charge >= 0.3 is 5.69 Å². The van der Waals surface area contributed by atoms with E-state index in [2.05, 4.69) is 12.2 Å². The first-order valence-electron chi connectivity index (χ1n) is 6.81. The minimum absolute atomic E-state index is 0.175. The van der Waals surface area contributed by atoms with Crippen molar-refractivity contribution < 1.29 is 14.5 Å². The molecule has 0 saturated carbocycles. The van der Waals surface area contributed by atoms with Crippen LogP contribution < -0.4 is 10.1 Å². The van der Waals surface area contributed by atoms with E-state index in [0.717, 1.165) is 13.0 Å². The summed E-state index contributed by atoms with van der Waals surface area (Å²) in [6, 6.07) is 4.25. The number of hydrogen-bond donors (Lipinski definition) is 1. The van der Waals surface area contributed by atoms with E-state index in [1.165, 1.54) is 23.1 Å². The molecule has 1 amide bonds. The second-order valence-electron chi connectivity index (χ2n) is 4.74. The van der Waals surface area contributed by atoms with Gasteiger partial charge in [-0.2, -0.15) is 0 Å². The summed E-state index contributed by atoms with van der Waals surface area (Å²) in [6.07, 6.45) is 1.02. The van der Waals surface area contributed by atoms with E-state index in [1.807, 2.05) is 0 Å². The molecule has 0 heterocycles. The number of hydrogen-bond acceptors (Lipinski definition) is 5. The fraction of sp³-hybridized carbons (Fsp3) is 0.500. The highest BCUT2D eigenvalue weighted by Gasteiger charge is 2.19. The van der Waals surface area contributed by atoms with Crippen LogP contribution in [0.15, 0.2) is 18.2 Å². The molecule has 1 aromatic rings. The summed E-state index contributed by atoms with van der Waals surface area (Å²) in [5.74, 6) is -0.108. The van der Waals surface area contributed by atoms with E-state index in [0.29, 0.717) is 13.2 Å².